The fourth-order valence-corrected chi connectivity index (χ4v) is 8.41. The Morgan fingerprint density at radius 3 is 2.29 bits per heavy atom. The number of carbonyl (C=O) groups is 1. The van der Waals surface area contributed by atoms with Crippen molar-refractivity contribution < 1.29 is 26.4 Å². The number of carbonyl (C=O) groups excluding carboxylic acids is 1. The van der Waals surface area contributed by atoms with Crippen LogP contribution < -0.4 is 9.46 Å². The van der Waals surface area contributed by atoms with Crippen LogP contribution in [0.25, 0.3) is 11.1 Å². The number of piperidine rings is 1. The Morgan fingerprint density at radius 1 is 0.896 bits per heavy atom. The predicted octanol–water partition coefficient (Wildman–Crippen LogP) is 6.58. The Hall–Kier alpha value is -4.50. The number of sulfonamides is 2. The number of hydrogen-bond acceptors (Lipinski definition) is 7. The maximum Gasteiger partial charge on any atom is 0.277 e. The van der Waals surface area contributed by atoms with Crippen LogP contribution in [0.4, 0.5) is 0 Å². The van der Waals surface area contributed by atoms with E-state index >= 15 is 0 Å². The number of nitriles is 1. The summed E-state index contributed by atoms with van der Waals surface area (Å²) in [7, 11) is -8.03. The lowest BCUT2D eigenvalue weighted by Gasteiger charge is -2.32. The van der Waals surface area contributed by atoms with Gasteiger partial charge >= 0.3 is 0 Å². The number of hydrogen-bond donors (Lipinski definition) is 1. The molecule has 0 spiro atoms. The van der Waals surface area contributed by atoms with Crippen LogP contribution in [0.1, 0.15) is 69.1 Å². The van der Waals surface area contributed by atoms with Gasteiger partial charge in [0.15, 0.2) is 5.60 Å². The van der Waals surface area contributed by atoms with E-state index in [1.54, 1.807) is 36.4 Å². The van der Waals surface area contributed by atoms with Crippen LogP contribution >= 0.6 is 0 Å². The molecule has 0 saturated carbocycles. The second-order valence-corrected chi connectivity index (χ2v) is 16.4. The minimum absolute atomic E-state index is 0.117. The van der Waals surface area contributed by atoms with Gasteiger partial charge in [0.25, 0.3) is 15.9 Å². The third kappa shape index (κ3) is 7.79. The minimum atomic E-state index is -4.25. The first-order valence-electron chi connectivity index (χ1n) is 15.8. The van der Waals surface area contributed by atoms with Gasteiger partial charge in [0.1, 0.15) is 5.75 Å². The van der Waals surface area contributed by atoms with E-state index in [-0.39, 0.29) is 27.8 Å². The van der Waals surface area contributed by atoms with E-state index in [2.05, 4.69) is 26.0 Å². The summed E-state index contributed by atoms with van der Waals surface area (Å²) in [4.78, 5) is 13.1. The Kier molecular flexibility index (Phi) is 10.1. The fourth-order valence-electron chi connectivity index (χ4n) is 5.69. The van der Waals surface area contributed by atoms with Crippen molar-refractivity contribution in [2.45, 2.75) is 67.8 Å². The highest BCUT2D eigenvalue weighted by atomic mass is 32.2. The summed E-state index contributed by atoms with van der Waals surface area (Å²) >= 11 is 0. The second kappa shape index (κ2) is 13.9. The molecule has 5 rings (SSSR count). The van der Waals surface area contributed by atoms with Gasteiger partial charge in [-0.1, -0.05) is 68.4 Å². The summed E-state index contributed by atoms with van der Waals surface area (Å²) in [5, 5.41) is 9.11. The SMILES string of the molecule is CC(C)c1ccc(-c2cccc(S(=O)(=O)N3CCCC(c4cccc(OC(C)(C)C(=O)NS(=O)(=O)c5cccc(C#N)c5)c4)C3)c2)cc1. The van der Waals surface area contributed by atoms with Crippen LogP contribution in [0.2, 0.25) is 0 Å². The van der Waals surface area contributed by atoms with Gasteiger partial charge in [0.05, 0.1) is 21.4 Å². The van der Waals surface area contributed by atoms with Gasteiger partial charge in [0, 0.05) is 13.1 Å². The second-order valence-electron chi connectivity index (χ2n) is 12.8. The first-order valence-corrected chi connectivity index (χ1v) is 18.7. The molecule has 11 heteroatoms. The number of benzene rings is 4. The highest BCUT2D eigenvalue weighted by Gasteiger charge is 2.35. The van der Waals surface area contributed by atoms with Crippen molar-refractivity contribution >= 4 is 26.0 Å². The molecule has 48 heavy (non-hydrogen) atoms. The van der Waals surface area contributed by atoms with Crippen LogP contribution in [0, 0.1) is 11.3 Å². The first-order chi connectivity index (χ1) is 22.7. The molecule has 1 saturated heterocycles. The van der Waals surface area contributed by atoms with Crippen molar-refractivity contribution in [3.05, 3.63) is 114 Å². The highest BCUT2D eigenvalue weighted by molar-refractivity contribution is 7.90. The van der Waals surface area contributed by atoms with Crippen molar-refractivity contribution in [1.29, 1.82) is 5.26 Å². The van der Waals surface area contributed by atoms with E-state index < -0.39 is 31.6 Å². The van der Waals surface area contributed by atoms with Crippen molar-refractivity contribution in [1.82, 2.24) is 9.03 Å². The average molecular weight is 686 g/mol. The molecule has 1 aliphatic rings. The third-order valence-electron chi connectivity index (χ3n) is 8.52. The summed E-state index contributed by atoms with van der Waals surface area (Å²) in [5.41, 5.74) is 2.42. The molecule has 250 valence electrons. The molecule has 4 aromatic rings. The largest absolute Gasteiger partial charge is 0.478 e. The molecule has 0 radical (unpaired) electrons. The van der Waals surface area contributed by atoms with Crippen LogP contribution in [0.15, 0.2) is 107 Å². The zero-order valence-corrected chi connectivity index (χ0v) is 29.0. The summed E-state index contributed by atoms with van der Waals surface area (Å²) in [6.45, 7) is 7.86. The predicted molar refractivity (Wildman–Crippen MR) is 184 cm³/mol. The number of amides is 1. The van der Waals surface area contributed by atoms with Crippen LogP contribution in [-0.4, -0.2) is 45.7 Å². The molecule has 4 aromatic carbocycles. The van der Waals surface area contributed by atoms with Crippen LogP contribution in [-0.2, 0) is 24.8 Å². The monoisotopic (exact) mass is 685 g/mol. The Morgan fingerprint density at radius 2 is 1.58 bits per heavy atom. The molecule has 1 N–H and O–H groups in total. The van der Waals surface area contributed by atoms with Gasteiger partial charge in [-0.3, -0.25) is 4.79 Å². The number of rotatable bonds is 10. The molecule has 1 aliphatic heterocycles. The summed E-state index contributed by atoms with van der Waals surface area (Å²) in [5.74, 6) is -0.259. The molecule has 1 unspecified atom stereocenters. The van der Waals surface area contributed by atoms with Gasteiger partial charge < -0.3 is 4.74 Å². The quantitative estimate of drug-likeness (QED) is 0.199. The van der Waals surface area contributed by atoms with Crippen molar-refractivity contribution in [3.63, 3.8) is 0 Å². The maximum atomic E-state index is 13.9. The first kappa shape index (κ1) is 34.8. The normalized spacial score (nSPS) is 15.9. The standard InChI is InChI=1S/C37H39N3O6S2/c1-26(2)28-16-18-29(19-17-28)31-11-7-15-35(23-31)48(44,45)40-20-8-12-32(25-40)30-10-6-13-33(22-30)46-37(3,4)36(41)39-47(42,43)34-14-5-9-27(21-34)24-38/h5-7,9-11,13-19,21-23,26,32H,8,12,20,25H2,1-4H3,(H,39,41). The van der Waals surface area contributed by atoms with Crippen LogP contribution in [0.3, 0.4) is 0 Å². The lowest BCUT2D eigenvalue weighted by molar-refractivity contribution is -0.132. The molecular formula is C37H39N3O6S2. The van der Waals surface area contributed by atoms with E-state index in [9.17, 15) is 21.6 Å². The van der Waals surface area contributed by atoms with Crippen molar-refractivity contribution in [3.8, 4) is 22.9 Å². The van der Waals surface area contributed by atoms with Crippen LogP contribution in [0.5, 0.6) is 5.75 Å². The molecular weight excluding hydrogens is 647 g/mol. The number of nitrogens with zero attached hydrogens (tertiary/aromatic N) is 2. The van der Waals surface area contributed by atoms with Crippen molar-refractivity contribution in [2.24, 2.45) is 0 Å². The molecule has 0 aromatic heterocycles. The molecule has 0 aliphatic carbocycles. The molecule has 9 nitrogen and oxygen atoms in total. The molecule has 1 heterocycles. The zero-order valence-electron chi connectivity index (χ0n) is 27.4. The molecule has 1 fully saturated rings. The van der Waals surface area contributed by atoms with Gasteiger partial charge in [-0.25, -0.2) is 21.6 Å². The molecule has 1 atom stereocenters. The fraction of sp³-hybridized carbons (Fsp3) is 0.297. The lowest BCUT2D eigenvalue weighted by Crippen LogP contribution is -2.48. The van der Waals surface area contributed by atoms with Gasteiger partial charge in [0.2, 0.25) is 10.0 Å². The van der Waals surface area contributed by atoms with Gasteiger partial charge in [-0.2, -0.15) is 9.57 Å². The Bertz CT molecular complexity index is 2070. The number of nitrogens with one attached hydrogen (secondary N) is 1. The third-order valence-corrected chi connectivity index (χ3v) is 11.7. The highest BCUT2D eigenvalue weighted by Crippen LogP contribution is 2.34. The Balaban J connectivity index is 1.29. The average Bonchev–Trinajstić information content (AvgIpc) is 3.08. The minimum Gasteiger partial charge on any atom is -0.478 e. The number of ether oxygens (including phenoxy) is 1. The van der Waals surface area contributed by atoms with Gasteiger partial charge in [-0.05, 0) is 103 Å². The van der Waals surface area contributed by atoms with Crippen molar-refractivity contribution in [2.75, 3.05) is 13.1 Å². The van der Waals surface area contributed by atoms with E-state index in [1.807, 2.05) is 35.1 Å². The topological polar surface area (TPSA) is 134 Å². The van der Waals surface area contributed by atoms with E-state index in [0.29, 0.717) is 24.6 Å². The summed E-state index contributed by atoms with van der Waals surface area (Å²) in [6.07, 6.45) is 1.44. The molecule has 0 bridgehead atoms. The molecule has 1 amide bonds. The lowest BCUT2D eigenvalue weighted by atomic mass is 9.91. The summed E-state index contributed by atoms with van der Waals surface area (Å²) < 4.78 is 63.0. The summed E-state index contributed by atoms with van der Waals surface area (Å²) in [6, 6.07) is 29.6. The van der Waals surface area contributed by atoms with E-state index in [1.165, 1.54) is 48.0 Å². The Labute approximate surface area is 283 Å². The smallest absolute Gasteiger partial charge is 0.277 e. The van der Waals surface area contributed by atoms with Gasteiger partial charge in [-0.15, -0.1) is 0 Å². The van der Waals surface area contributed by atoms with E-state index in [4.69, 9.17) is 10.00 Å². The van der Waals surface area contributed by atoms with E-state index in [0.717, 1.165) is 23.1 Å². The zero-order chi connectivity index (χ0) is 34.7. The maximum absolute atomic E-state index is 13.9.